The molecule has 0 aliphatic carbocycles. The van der Waals surface area contributed by atoms with Gasteiger partial charge in [-0.3, -0.25) is 0 Å². The number of aromatic amines is 1. The molecule has 0 radical (unpaired) electrons. The molecule has 3 aromatic rings. The number of aromatic nitrogens is 1. The Morgan fingerprint density at radius 1 is 1.08 bits per heavy atom. The smallest absolute Gasteiger partial charge is 0.128 e. The number of nitrogens with one attached hydrogen (secondary N) is 1. The molecule has 0 aliphatic heterocycles. The highest BCUT2D eigenvalue weighted by Crippen LogP contribution is 2.35. The predicted molar refractivity (Wildman–Crippen MR) is 101 cm³/mol. The van der Waals surface area contributed by atoms with Crippen LogP contribution >= 0.6 is 23.2 Å². The van der Waals surface area contributed by atoms with Gasteiger partial charge in [-0.2, -0.15) is 0 Å². The zero-order chi connectivity index (χ0) is 17.3. The highest BCUT2D eigenvalue weighted by molar-refractivity contribution is 6.31. The molecule has 2 aromatic carbocycles. The highest BCUT2D eigenvalue weighted by atomic mass is 35.5. The average Bonchev–Trinajstić information content (AvgIpc) is 2.90. The largest absolute Gasteiger partial charge is 0.358 e. The van der Waals surface area contributed by atoms with Crippen LogP contribution in [0.5, 0.6) is 0 Å². The molecule has 0 spiro atoms. The molecule has 1 aromatic heterocycles. The lowest BCUT2D eigenvalue weighted by Crippen LogP contribution is -2.03. The number of halogens is 3. The van der Waals surface area contributed by atoms with Gasteiger partial charge in [0.05, 0.1) is 0 Å². The van der Waals surface area contributed by atoms with Gasteiger partial charge in [0.25, 0.3) is 0 Å². The van der Waals surface area contributed by atoms with E-state index in [1.165, 1.54) is 11.6 Å². The number of H-pyrrole nitrogens is 1. The summed E-state index contributed by atoms with van der Waals surface area (Å²) in [6.45, 7) is 4.19. The molecule has 1 N–H and O–H groups in total. The van der Waals surface area contributed by atoms with Crippen molar-refractivity contribution in [2.45, 2.75) is 39.0 Å². The number of aryl methyl sites for hydroxylation is 1. The van der Waals surface area contributed by atoms with Crippen molar-refractivity contribution in [2.75, 3.05) is 0 Å². The van der Waals surface area contributed by atoms with Gasteiger partial charge in [0, 0.05) is 32.6 Å². The first-order chi connectivity index (χ1) is 11.5. The minimum atomic E-state index is -0.270. The van der Waals surface area contributed by atoms with Gasteiger partial charge in [0.2, 0.25) is 0 Å². The monoisotopic (exact) mass is 363 g/mol. The van der Waals surface area contributed by atoms with Crippen molar-refractivity contribution in [3.05, 3.63) is 69.1 Å². The second kappa shape index (κ2) is 7.16. The Morgan fingerprint density at radius 3 is 2.50 bits per heavy atom. The van der Waals surface area contributed by atoms with Crippen LogP contribution in [-0.2, 0) is 6.42 Å². The minimum Gasteiger partial charge on any atom is -0.358 e. The fourth-order valence-corrected chi connectivity index (χ4v) is 3.57. The summed E-state index contributed by atoms with van der Waals surface area (Å²) in [5.41, 5.74) is 3.98. The number of rotatable bonds is 5. The van der Waals surface area contributed by atoms with E-state index in [0.29, 0.717) is 10.6 Å². The van der Waals surface area contributed by atoms with Crippen molar-refractivity contribution in [1.82, 2.24) is 4.98 Å². The number of hydrogen-bond donors (Lipinski definition) is 1. The highest BCUT2D eigenvalue weighted by Gasteiger charge is 2.20. The summed E-state index contributed by atoms with van der Waals surface area (Å²) in [5.74, 6) is -0.353. The van der Waals surface area contributed by atoms with Crippen molar-refractivity contribution in [1.29, 1.82) is 0 Å². The summed E-state index contributed by atoms with van der Waals surface area (Å²) in [6, 6.07) is 10.7. The molecule has 0 saturated heterocycles. The fraction of sp³-hybridized carbons (Fsp3) is 0.300. The zero-order valence-electron chi connectivity index (χ0n) is 13.8. The van der Waals surface area contributed by atoms with E-state index in [1.807, 2.05) is 25.1 Å². The lowest BCUT2D eigenvalue weighted by Gasteiger charge is -2.15. The van der Waals surface area contributed by atoms with Crippen LogP contribution in [0, 0.1) is 5.82 Å². The first-order valence-corrected chi connectivity index (χ1v) is 9.01. The van der Waals surface area contributed by atoms with E-state index in [4.69, 9.17) is 23.2 Å². The zero-order valence-corrected chi connectivity index (χ0v) is 15.3. The van der Waals surface area contributed by atoms with Crippen molar-refractivity contribution in [3.63, 3.8) is 0 Å². The first kappa shape index (κ1) is 17.3. The van der Waals surface area contributed by atoms with Crippen molar-refractivity contribution < 1.29 is 4.39 Å². The molecule has 1 heterocycles. The van der Waals surface area contributed by atoms with Crippen molar-refractivity contribution >= 4 is 34.1 Å². The Hall–Kier alpha value is -1.51. The second-order valence-electron chi connectivity index (χ2n) is 6.20. The van der Waals surface area contributed by atoms with E-state index in [-0.39, 0.29) is 11.7 Å². The Labute approximate surface area is 151 Å². The molecule has 24 heavy (non-hydrogen) atoms. The molecule has 1 unspecified atom stereocenters. The van der Waals surface area contributed by atoms with Gasteiger partial charge in [-0.25, -0.2) is 4.39 Å². The minimum absolute atomic E-state index is 0.0831. The molecule has 0 aliphatic rings. The molecule has 0 bridgehead atoms. The van der Waals surface area contributed by atoms with E-state index >= 15 is 0 Å². The van der Waals surface area contributed by atoms with Gasteiger partial charge in [-0.05, 0) is 54.3 Å². The number of unbranched alkanes of at least 4 members (excludes halogenated alkanes) is 1. The third kappa shape index (κ3) is 3.31. The van der Waals surface area contributed by atoms with Gasteiger partial charge in [-0.15, -0.1) is 0 Å². The van der Waals surface area contributed by atoms with Crippen LogP contribution < -0.4 is 0 Å². The quantitative estimate of drug-likeness (QED) is 0.497. The Bertz CT molecular complexity index is 869. The van der Waals surface area contributed by atoms with E-state index in [2.05, 4.69) is 11.9 Å². The average molecular weight is 364 g/mol. The number of hydrogen-bond acceptors (Lipinski definition) is 0. The Kier molecular flexibility index (Phi) is 5.17. The molecule has 0 saturated carbocycles. The van der Waals surface area contributed by atoms with Crippen LogP contribution in [0.15, 0.2) is 36.4 Å². The Balaban J connectivity index is 2.13. The van der Waals surface area contributed by atoms with Crippen LogP contribution in [-0.4, -0.2) is 4.98 Å². The van der Waals surface area contributed by atoms with Crippen LogP contribution in [0.2, 0.25) is 10.0 Å². The van der Waals surface area contributed by atoms with Gasteiger partial charge in [0.1, 0.15) is 5.82 Å². The van der Waals surface area contributed by atoms with E-state index in [9.17, 15) is 4.39 Å². The van der Waals surface area contributed by atoms with E-state index in [0.717, 1.165) is 40.9 Å². The SMILES string of the molecule is CCCCc1c(C(C)c2ccc(Cl)cc2F)[nH]c2ccc(Cl)cc12. The van der Waals surface area contributed by atoms with Crippen molar-refractivity contribution in [3.8, 4) is 0 Å². The molecular formula is C20H20Cl2FN. The van der Waals surface area contributed by atoms with Crippen molar-refractivity contribution in [2.24, 2.45) is 0 Å². The molecule has 0 fully saturated rings. The summed E-state index contributed by atoms with van der Waals surface area (Å²) in [6.07, 6.45) is 3.14. The predicted octanol–water partition coefficient (Wildman–Crippen LogP) is 7.11. The van der Waals surface area contributed by atoms with Gasteiger partial charge in [0.15, 0.2) is 0 Å². The Morgan fingerprint density at radius 2 is 1.79 bits per heavy atom. The maximum Gasteiger partial charge on any atom is 0.128 e. The van der Waals surface area contributed by atoms with E-state index < -0.39 is 0 Å². The fourth-order valence-electron chi connectivity index (χ4n) is 3.24. The number of benzene rings is 2. The molecule has 126 valence electrons. The summed E-state index contributed by atoms with van der Waals surface area (Å²) in [7, 11) is 0. The van der Waals surface area contributed by atoms with Gasteiger partial charge < -0.3 is 4.98 Å². The summed E-state index contributed by atoms with van der Waals surface area (Å²) < 4.78 is 14.4. The summed E-state index contributed by atoms with van der Waals surface area (Å²) in [5, 5.41) is 2.27. The second-order valence-corrected chi connectivity index (χ2v) is 7.07. The summed E-state index contributed by atoms with van der Waals surface area (Å²) >= 11 is 12.1. The third-order valence-corrected chi connectivity index (χ3v) is 5.01. The van der Waals surface area contributed by atoms with E-state index in [1.54, 1.807) is 12.1 Å². The molecular weight excluding hydrogens is 344 g/mol. The first-order valence-electron chi connectivity index (χ1n) is 8.26. The molecule has 0 amide bonds. The van der Waals surface area contributed by atoms with Crippen LogP contribution in [0.4, 0.5) is 4.39 Å². The maximum atomic E-state index is 14.4. The molecule has 1 nitrogen and oxygen atoms in total. The number of fused-ring (bicyclic) bond motifs is 1. The normalized spacial score (nSPS) is 12.7. The van der Waals surface area contributed by atoms with Crippen LogP contribution in [0.3, 0.4) is 0 Å². The summed E-state index contributed by atoms with van der Waals surface area (Å²) in [4.78, 5) is 3.48. The molecule has 4 heteroatoms. The topological polar surface area (TPSA) is 15.8 Å². The van der Waals surface area contributed by atoms with Gasteiger partial charge in [-0.1, -0.05) is 49.5 Å². The lowest BCUT2D eigenvalue weighted by atomic mass is 9.92. The molecule has 1 atom stereocenters. The van der Waals surface area contributed by atoms with Crippen LogP contribution in [0.25, 0.3) is 10.9 Å². The van der Waals surface area contributed by atoms with Crippen LogP contribution in [0.1, 0.15) is 49.4 Å². The maximum absolute atomic E-state index is 14.4. The lowest BCUT2D eigenvalue weighted by molar-refractivity contribution is 0.600. The van der Waals surface area contributed by atoms with Gasteiger partial charge >= 0.3 is 0 Å². The standard InChI is InChI=1S/C20H20Cl2FN/c1-3-4-5-16-17-10-13(21)7-9-19(17)24-20(16)12(2)15-8-6-14(22)11-18(15)23/h6-12,24H,3-5H2,1-2H3. The third-order valence-electron chi connectivity index (χ3n) is 4.54. The molecule has 3 rings (SSSR count).